The largest absolute Gasteiger partial charge is 0.484 e. The van der Waals surface area contributed by atoms with Crippen molar-refractivity contribution in [3.05, 3.63) is 94.8 Å². The Hall–Kier alpha value is -4.37. The number of halogens is 1. The summed E-state index contributed by atoms with van der Waals surface area (Å²) >= 11 is 5.10. The number of hydrogen-bond acceptors (Lipinski definition) is 5. The van der Waals surface area contributed by atoms with Crippen molar-refractivity contribution in [2.75, 3.05) is 16.8 Å². The van der Waals surface area contributed by atoms with Crippen LogP contribution in [0.4, 0.5) is 15.8 Å². The number of ether oxygens (including phenoxy) is 1. The van der Waals surface area contributed by atoms with E-state index in [4.69, 9.17) is 17.0 Å². The van der Waals surface area contributed by atoms with Crippen LogP contribution in [0.3, 0.4) is 0 Å². The van der Waals surface area contributed by atoms with Gasteiger partial charge in [0.25, 0.3) is 17.7 Å². The molecule has 4 rings (SSSR count). The van der Waals surface area contributed by atoms with Crippen LogP contribution in [-0.2, 0) is 14.4 Å². The zero-order valence-electron chi connectivity index (χ0n) is 19.5. The van der Waals surface area contributed by atoms with Crippen molar-refractivity contribution in [3.8, 4) is 5.75 Å². The molecule has 0 aliphatic carbocycles. The molecule has 7 nitrogen and oxygen atoms in total. The second kappa shape index (κ2) is 10.5. The molecule has 9 heteroatoms. The summed E-state index contributed by atoms with van der Waals surface area (Å²) < 4.78 is 19.9. The third-order valence-corrected chi connectivity index (χ3v) is 5.81. The normalized spacial score (nSPS) is 14.6. The van der Waals surface area contributed by atoms with Crippen LogP contribution in [0, 0.1) is 19.7 Å². The summed E-state index contributed by atoms with van der Waals surface area (Å²) in [6.07, 6.45) is 1.36. The highest BCUT2D eigenvalue weighted by Crippen LogP contribution is 2.25. The first-order valence-corrected chi connectivity index (χ1v) is 11.4. The standard InChI is InChI=1S/C27H22FN3O4S/c1-16-10-11-19(12-17(16)2)29-24(32)15-35-20-7-5-6-18(13-20)14-21-25(33)30-27(36)31(26(21)34)23-9-4-3-8-22(23)28/h3-14H,15H2,1-2H3,(H,29,32)(H,30,33,36)/b21-14+. The van der Waals surface area contributed by atoms with E-state index in [1.54, 1.807) is 30.3 Å². The molecule has 0 saturated carbocycles. The molecular weight excluding hydrogens is 481 g/mol. The summed E-state index contributed by atoms with van der Waals surface area (Å²) in [6.45, 7) is 3.71. The molecule has 1 aliphatic rings. The molecule has 36 heavy (non-hydrogen) atoms. The van der Waals surface area contributed by atoms with Crippen molar-refractivity contribution in [1.82, 2.24) is 5.32 Å². The Balaban J connectivity index is 1.48. The predicted octanol–water partition coefficient (Wildman–Crippen LogP) is 4.29. The monoisotopic (exact) mass is 503 g/mol. The maximum absolute atomic E-state index is 14.3. The zero-order chi connectivity index (χ0) is 25.8. The summed E-state index contributed by atoms with van der Waals surface area (Å²) in [5.41, 5.74) is 3.04. The van der Waals surface area contributed by atoms with Crippen LogP contribution in [0.2, 0.25) is 0 Å². The number of carbonyl (C=O) groups excluding carboxylic acids is 3. The Bertz CT molecular complexity index is 1420. The first kappa shape index (κ1) is 24.7. The van der Waals surface area contributed by atoms with Gasteiger partial charge in [-0.3, -0.25) is 19.7 Å². The van der Waals surface area contributed by atoms with Gasteiger partial charge in [0, 0.05) is 5.69 Å². The Morgan fingerprint density at radius 3 is 2.58 bits per heavy atom. The number of nitrogens with zero attached hydrogens (tertiary/aromatic N) is 1. The van der Waals surface area contributed by atoms with Crippen LogP contribution < -0.4 is 20.3 Å². The number of anilines is 2. The van der Waals surface area contributed by atoms with Gasteiger partial charge in [-0.05, 0) is 85.2 Å². The first-order valence-electron chi connectivity index (χ1n) is 11.0. The lowest BCUT2D eigenvalue weighted by molar-refractivity contribution is -0.122. The fraction of sp³-hybridized carbons (Fsp3) is 0.111. The third-order valence-electron chi connectivity index (χ3n) is 5.52. The molecule has 0 atom stereocenters. The van der Waals surface area contributed by atoms with Gasteiger partial charge in [-0.15, -0.1) is 0 Å². The van der Waals surface area contributed by atoms with Crippen LogP contribution in [0.25, 0.3) is 6.08 Å². The summed E-state index contributed by atoms with van der Waals surface area (Å²) in [6, 6.07) is 17.8. The lowest BCUT2D eigenvalue weighted by atomic mass is 10.1. The summed E-state index contributed by atoms with van der Waals surface area (Å²) in [4.78, 5) is 38.8. The molecule has 182 valence electrons. The molecule has 3 amide bonds. The molecule has 1 saturated heterocycles. The van der Waals surface area contributed by atoms with Crippen molar-refractivity contribution in [2.24, 2.45) is 0 Å². The number of aryl methyl sites for hydroxylation is 2. The molecule has 3 aromatic carbocycles. The van der Waals surface area contributed by atoms with E-state index in [9.17, 15) is 18.8 Å². The number of rotatable bonds is 6. The number of benzene rings is 3. The zero-order valence-corrected chi connectivity index (χ0v) is 20.3. The van der Waals surface area contributed by atoms with E-state index in [0.717, 1.165) is 16.0 Å². The van der Waals surface area contributed by atoms with E-state index in [1.807, 2.05) is 32.0 Å². The molecule has 3 aromatic rings. The van der Waals surface area contributed by atoms with E-state index < -0.39 is 17.6 Å². The molecule has 1 aliphatic heterocycles. The van der Waals surface area contributed by atoms with Gasteiger partial charge in [0.05, 0.1) is 5.69 Å². The number of thiocarbonyl (C=S) groups is 1. The molecule has 0 spiro atoms. The second-order valence-corrected chi connectivity index (χ2v) is 8.50. The van der Waals surface area contributed by atoms with Crippen molar-refractivity contribution < 1.29 is 23.5 Å². The van der Waals surface area contributed by atoms with Crippen molar-refractivity contribution in [2.45, 2.75) is 13.8 Å². The van der Waals surface area contributed by atoms with E-state index in [2.05, 4.69) is 10.6 Å². The van der Waals surface area contributed by atoms with Gasteiger partial charge >= 0.3 is 0 Å². The molecule has 1 heterocycles. The second-order valence-electron chi connectivity index (χ2n) is 8.12. The minimum atomic E-state index is -0.757. The quantitative estimate of drug-likeness (QED) is 0.298. The lowest BCUT2D eigenvalue weighted by Crippen LogP contribution is -2.54. The van der Waals surface area contributed by atoms with Gasteiger partial charge in [-0.1, -0.05) is 30.3 Å². The van der Waals surface area contributed by atoms with Gasteiger partial charge in [-0.2, -0.15) is 0 Å². The molecule has 0 bridgehead atoms. The summed E-state index contributed by atoms with van der Waals surface area (Å²) in [5.74, 6) is -2.08. The molecule has 2 N–H and O–H groups in total. The topological polar surface area (TPSA) is 87.7 Å². The van der Waals surface area contributed by atoms with E-state index in [-0.39, 0.29) is 28.9 Å². The Kier molecular flexibility index (Phi) is 7.21. The summed E-state index contributed by atoms with van der Waals surface area (Å²) in [7, 11) is 0. The van der Waals surface area contributed by atoms with Gasteiger partial charge in [0.15, 0.2) is 11.7 Å². The maximum atomic E-state index is 14.3. The van der Waals surface area contributed by atoms with Gasteiger partial charge in [0.1, 0.15) is 17.1 Å². The fourth-order valence-corrected chi connectivity index (χ4v) is 3.81. The average molecular weight is 504 g/mol. The minimum Gasteiger partial charge on any atom is -0.484 e. The Morgan fingerprint density at radius 2 is 1.83 bits per heavy atom. The lowest BCUT2D eigenvalue weighted by Gasteiger charge is -2.29. The average Bonchev–Trinajstić information content (AvgIpc) is 2.84. The smallest absolute Gasteiger partial charge is 0.270 e. The number of nitrogens with one attached hydrogen (secondary N) is 2. The van der Waals surface area contributed by atoms with Crippen LogP contribution in [0.15, 0.2) is 72.3 Å². The van der Waals surface area contributed by atoms with Crippen molar-refractivity contribution in [3.63, 3.8) is 0 Å². The molecule has 0 unspecified atom stereocenters. The Labute approximate surface area is 212 Å². The molecular formula is C27H22FN3O4S. The van der Waals surface area contributed by atoms with Crippen molar-refractivity contribution >= 4 is 52.5 Å². The van der Waals surface area contributed by atoms with Gasteiger partial charge < -0.3 is 10.1 Å². The predicted molar refractivity (Wildman–Crippen MR) is 139 cm³/mol. The highest BCUT2D eigenvalue weighted by Gasteiger charge is 2.35. The first-order chi connectivity index (χ1) is 17.2. The fourth-order valence-electron chi connectivity index (χ4n) is 3.54. The number of para-hydroxylation sites is 1. The molecule has 0 radical (unpaired) electrons. The summed E-state index contributed by atoms with van der Waals surface area (Å²) in [5, 5.41) is 4.99. The SMILES string of the molecule is Cc1ccc(NC(=O)COc2cccc(/C=C3\C(=O)NC(=S)N(c4ccccc4F)C3=O)c2)cc1C. The molecule has 1 fully saturated rings. The van der Waals surface area contributed by atoms with E-state index in [0.29, 0.717) is 17.0 Å². The van der Waals surface area contributed by atoms with Crippen LogP contribution in [0.1, 0.15) is 16.7 Å². The maximum Gasteiger partial charge on any atom is 0.270 e. The number of carbonyl (C=O) groups is 3. The Morgan fingerprint density at radius 1 is 1.06 bits per heavy atom. The van der Waals surface area contributed by atoms with Gasteiger partial charge in [0.2, 0.25) is 0 Å². The highest BCUT2D eigenvalue weighted by atomic mass is 32.1. The van der Waals surface area contributed by atoms with Gasteiger partial charge in [-0.25, -0.2) is 9.29 Å². The van der Waals surface area contributed by atoms with E-state index >= 15 is 0 Å². The van der Waals surface area contributed by atoms with E-state index in [1.165, 1.54) is 24.3 Å². The van der Waals surface area contributed by atoms with Crippen molar-refractivity contribution in [1.29, 1.82) is 0 Å². The molecule has 0 aromatic heterocycles. The highest BCUT2D eigenvalue weighted by molar-refractivity contribution is 7.80. The third kappa shape index (κ3) is 5.47. The number of amides is 3. The van der Waals surface area contributed by atoms with Crippen LogP contribution in [0.5, 0.6) is 5.75 Å². The van der Waals surface area contributed by atoms with Crippen LogP contribution >= 0.6 is 12.2 Å². The van der Waals surface area contributed by atoms with Crippen LogP contribution in [-0.4, -0.2) is 29.4 Å². The number of hydrogen-bond donors (Lipinski definition) is 2. The minimum absolute atomic E-state index is 0.0646.